The van der Waals surface area contributed by atoms with Crippen molar-refractivity contribution in [2.45, 2.75) is 6.10 Å². The number of carboxylic acids is 1. The summed E-state index contributed by atoms with van der Waals surface area (Å²) in [5, 5.41) is 20.5. The highest BCUT2D eigenvalue weighted by atomic mass is 19.1. The molecule has 94 valence electrons. The second-order valence-electron chi connectivity index (χ2n) is 3.32. The van der Waals surface area contributed by atoms with Crippen molar-refractivity contribution in [1.82, 2.24) is 4.98 Å². The molecule has 1 aromatic rings. The van der Waals surface area contributed by atoms with Gasteiger partial charge in [0.2, 0.25) is 0 Å². The van der Waals surface area contributed by atoms with E-state index >= 15 is 0 Å². The quantitative estimate of drug-likeness (QED) is 0.668. The third kappa shape index (κ3) is 3.65. The van der Waals surface area contributed by atoms with Gasteiger partial charge in [0, 0.05) is 19.9 Å². The van der Waals surface area contributed by atoms with Gasteiger partial charge in [-0.2, -0.15) is 0 Å². The van der Waals surface area contributed by atoms with Gasteiger partial charge >= 0.3 is 5.97 Å². The number of ether oxygens (including phenoxy) is 1. The Kier molecular flexibility index (Phi) is 4.80. The average molecular weight is 244 g/mol. The number of nitrogens with one attached hydrogen (secondary N) is 1. The maximum Gasteiger partial charge on any atom is 0.338 e. The zero-order valence-electron chi connectivity index (χ0n) is 9.18. The van der Waals surface area contributed by atoms with Gasteiger partial charge in [-0.3, -0.25) is 0 Å². The number of halogens is 1. The van der Waals surface area contributed by atoms with Crippen LogP contribution < -0.4 is 5.32 Å². The van der Waals surface area contributed by atoms with Gasteiger partial charge in [-0.15, -0.1) is 0 Å². The van der Waals surface area contributed by atoms with E-state index < -0.39 is 23.5 Å². The van der Waals surface area contributed by atoms with Gasteiger partial charge in [0.15, 0.2) is 11.6 Å². The molecule has 0 aliphatic carbocycles. The van der Waals surface area contributed by atoms with Crippen molar-refractivity contribution >= 4 is 11.8 Å². The fourth-order valence-electron chi connectivity index (χ4n) is 1.20. The lowest BCUT2D eigenvalue weighted by Gasteiger charge is -2.12. The van der Waals surface area contributed by atoms with Crippen LogP contribution in [0.25, 0.3) is 0 Å². The molecular formula is C10H13FN2O4. The summed E-state index contributed by atoms with van der Waals surface area (Å²) in [7, 11) is 1.42. The van der Waals surface area contributed by atoms with E-state index in [1.165, 1.54) is 13.3 Å². The zero-order chi connectivity index (χ0) is 12.8. The van der Waals surface area contributed by atoms with Gasteiger partial charge in [0.05, 0.1) is 12.7 Å². The van der Waals surface area contributed by atoms with Crippen LogP contribution in [0.15, 0.2) is 12.3 Å². The van der Waals surface area contributed by atoms with Crippen LogP contribution in [0.4, 0.5) is 10.2 Å². The highest BCUT2D eigenvalue weighted by Crippen LogP contribution is 2.14. The third-order valence-corrected chi connectivity index (χ3v) is 1.98. The largest absolute Gasteiger partial charge is 0.478 e. The summed E-state index contributed by atoms with van der Waals surface area (Å²) >= 11 is 0. The smallest absolute Gasteiger partial charge is 0.338 e. The lowest BCUT2D eigenvalue weighted by Crippen LogP contribution is -2.25. The van der Waals surface area contributed by atoms with Crippen LogP contribution in [0, 0.1) is 5.82 Å². The minimum absolute atomic E-state index is 0.0147. The summed E-state index contributed by atoms with van der Waals surface area (Å²) < 4.78 is 18.2. The molecule has 6 nitrogen and oxygen atoms in total. The van der Waals surface area contributed by atoms with Crippen molar-refractivity contribution in [2.24, 2.45) is 0 Å². The van der Waals surface area contributed by atoms with E-state index in [0.717, 1.165) is 6.07 Å². The van der Waals surface area contributed by atoms with Crippen LogP contribution in [0.2, 0.25) is 0 Å². The Labute approximate surface area is 97.1 Å². The normalized spacial score (nSPS) is 12.2. The monoisotopic (exact) mass is 244 g/mol. The molecule has 0 aliphatic rings. The molecular weight excluding hydrogens is 231 g/mol. The SMILES string of the molecule is COCC(O)CNc1nccc(C(=O)O)c1F. The van der Waals surface area contributed by atoms with E-state index in [1.807, 2.05) is 0 Å². The number of pyridine rings is 1. The molecule has 0 amide bonds. The Morgan fingerprint density at radius 3 is 3.00 bits per heavy atom. The summed E-state index contributed by atoms with van der Waals surface area (Å²) in [6.45, 7) is 0.105. The molecule has 1 rings (SSSR count). The van der Waals surface area contributed by atoms with Crippen LogP contribution in [-0.2, 0) is 4.74 Å². The van der Waals surface area contributed by atoms with Gasteiger partial charge in [-0.25, -0.2) is 14.2 Å². The van der Waals surface area contributed by atoms with Crippen molar-refractivity contribution in [3.8, 4) is 0 Å². The molecule has 0 aliphatic heterocycles. The molecule has 0 saturated carbocycles. The number of carbonyl (C=O) groups is 1. The predicted molar refractivity (Wildman–Crippen MR) is 57.5 cm³/mol. The second kappa shape index (κ2) is 6.12. The fourth-order valence-corrected chi connectivity index (χ4v) is 1.20. The number of anilines is 1. The minimum atomic E-state index is -1.37. The highest BCUT2D eigenvalue weighted by molar-refractivity contribution is 5.88. The third-order valence-electron chi connectivity index (χ3n) is 1.98. The molecule has 1 unspecified atom stereocenters. The van der Waals surface area contributed by atoms with Gasteiger partial charge in [-0.05, 0) is 6.07 Å². The number of aliphatic hydroxyl groups is 1. The summed E-state index contributed by atoms with van der Waals surface area (Å²) in [6.07, 6.45) is 0.354. The predicted octanol–water partition coefficient (Wildman–Crippen LogP) is 0.338. The number of nitrogens with zero attached hydrogens (tertiary/aromatic N) is 1. The molecule has 1 aromatic heterocycles. The molecule has 17 heavy (non-hydrogen) atoms. The molecule has 0 spiro atoms. The lowest BCUT2D eigenvalue weighted by molar-refractivity contribution is 0.0691. The Morgan fingerprint density at radius 2 is 2.41 bits per heavy atom. The van der Waals surface area contributed by atoms with Crippen molar-refractivity contribution in [2.75, 3.05) is 25.6 Å². The van der Waals surface area contributed by atoms with Crippen LogP contribution in [-0.4, -0.2) is 47.5 Å². The average Bonchev–Trinajstić information content (AvgIpc) is 2.27. The van der Waals surface area contributed by atoms with Crippen LogP contribution >= 0.6 is 0 Å². The number of aromatic nitrogens is 1. The first-order valence-electron chi connectivity index (χ1n) is 4.85. The molecule has 1 atom stereocenters. The highest BCUT2D eigenvalue weighted by Gasteiger charge is 2.15. The van der Waals surface area contributed by atoms with Crippen LogP contribution in [0.5, 0.6) is 0 Å². The maximum absolute atomic E-state index is 13.5. The number of rotatable bonds is 6. The van der Waals surface area contributed by atoms with E-state index in [9.17, 15) is 14.3 Å². The minimum Gasteiger partial charge on any atom is -0.478 e. The van der Waals surface area contributed by atoms with Crippen LogP contribution in [0.1, 0.15) is 10.4 Å². The van der Waals surface area contributed by atoms with Crippen molar-refractivity contribution < 1.29 is 24.1 Å². The number of hydrogen-bond donors (Lipinski definition) is 3. The summed E-state index contributed by atoms with van der Waals surface area (Å²) in [5.74, 6) is -2.53. The Hall–Kier alpha value is -1.73. The molecule has 1 heterocycles. The first-order valence-corrected chi connectivity index (χ1v) is 4.85. The summed E-state index contributed by atoms with van der Waals surface area (Å²) in [4.78, 5) is 14.3. The van der Waals surface area contributed by atoms with E-state index in [-0.39, 0.29) is 19.0 Å². The topological polar surface area (TPSA) is 91.7 Å². The molecule has 0 aromatic carbocycles. The van der Waals surface area contributed by atoms with Crippen molar-refractivity contribution in [3.05, 3.63) is 23.6 Å². The van der Waals surface area contributed by atoms with E-state index in [2.05, 4.69) is 15.0 Å². The number of aromatic carboxylic acids is 1. The molecule has 0 saturated heterocycles. The van der Waals surface area contributed by atoms with Crippen molar-refractivity contribution in [1.29, 1.82) is 0 Å². The molecule has 0 fully saturated rings. The Morgan fingerprint density at radius 1 is 1.71 bits per heavy atom. The van der Waals surface area contributed by atoms with Gasteiger partial charge in [0.25, 0.3) is 0 Å². The van der Waals surface area contributed by atoms with Gasteiger partial charge in [-0.1, -0.05) is 0 Å². The Bertz CT molecular complexity index is 400. The van der Waals surface area contributed by atoms with E-state index in [4.69, 9.17) is 5.11 Å². The molecule has 7 heteroatoms. The number of hydrogen-bond acceptors (Lipinski definition) is 5. The first-order chi connectivity index (χ1) is 8.06. The number of methoxy groups -OCH3 is 1. The first kappa shape index (κ1) is 13.3. The number of carboxylic acid groups (broad SMARTS) is 1. The van der Waals surface area contributed by atoms with E-state index in [0.29, 0.717) is 0 Å². The second-order valence-corrected chi connectivity index (χ2v) is 3.32. The maximum atomic E-state index is 13.5. The van der Waals surface area contributed by atoms with Gasteiger partial charge in [0.1, 0.15) is 5.56 Å². The fraction of sp³-hybridized carbons (Fsp3) is 0.400. The molecule has 3 N–H and O–H groups in total. The summed E-state index contributed by atoms with van der Waals surface area (Å²) in [5.41, 5.74) is -0.469. The Balaban J connectivity index is 2.72. The molecule has 0 radical (unpaired) electrons. The summed E-state index contributed by atoms with van der Waals surface area (Å²) in [6, 6.07) is 1.06. The molecule has 0 bridgehead atoms. The van der Waals surface area contributed by atoms with Crippen LogP contribution in [0.3, 0.4) is 0 Å². The van der Waals surface area contributed by atoms with E-state index in [1.54, 1.807) is 0 Å². The van der Waals surface area contributed by atoms with Crippen molar-refractivity contribution in [3.63, 3.8) is 0 Å². The van der Waals surface area contributed by atoms with Gasteiger partial charge < -0.3 is 20.3 Å². The zero-order valence-corrected chi connectivity index (χ0v) is 9.18. The standard InChI is InChI=1S/C10H13FN2O4/c1-17-5-6(14)4-13-9-8(11)7(10(15)16)2-3-12-9/h2-3,6,14H,4-5H2,1H3,(H,12,13)(H,15,16). The lowest BCUT2D eigenvalue weighted by atomic mass is 10.2. The number of aliphatic hydroxyl groups excluding tert-OH is 1.